The van der Waals surface area contributed by atoms with Crippen LogP contribution < -0.4 is 10.1 Å². The van der Waals surface area contributed by atoms with Gasteiger partial charge in [0.2, 0.25) is 11.8 Å². The van der Waals surface area contributed by atoms with Crippen LogP contribution in [0.2, 0.25) is 0 Å². The number of halogens is 3. The normalized spacial score (nSPS) is 11.0. The van der Waals surface area contributed by atoms with E-state index in [9.17, 15) is 22.8 Å². The number of carbonyl (C=O) groups is 2. The molecule has 2 rings (SSSR count). The van der Waals surface area contributed by atoms with Crippen LogP contribution in [-0.4, -0.2) is 35.2 Å². The minimum absolute atomic E-state index is 0.0319. The first-order valence-electron chi connectivity index (χ1n) is 7.14. The highest BCUT2D eigenvalue weighted by Gasteiger charge is 2.30. The Bertz CT molecular complexity index is 778. The first kappa shape index (κ1) is 19.2. The van der Waals surface area contributed by atoms with Gasteiger partial charge in [0.05, 0.1) is 17.4 Å². The van der Waals surface area contributed by atoms with Gasteiger partial charge in [-0.15, -0.1) is 0 Å². The number of nitrogens with zero attached hydrogens (tertiary/aromatic N) is 1. The number of hydrogen-bond acceptors (Lipinski definition) is 5. The largest absolute Gasteiger partial charge is 0.480 e. The van der Waals surface area contributed by atoms with E-state index in [1.54, 1.807) is 0 Å². The summed E-state index contributed by atoms with van der Waals surface area (Å²) in [6.07, 6.45) is -3.25. The van der Waals surface area contributed by atoms with E-state index in [0.717, 1.165) is 12.1 Å². The summed E-state index contributed by atoms with van der Waals surface area (Å²) in [6.45, 7) is -1.05. The highest BCUT2D eigenvalue weighted by atomic mass is 19.4. The Morgan fingerprint density at radius 2 is 1.92 bits per heavy atom. The zero-order valence-electron chi connectivity index (χ0n) is 13.1. The van der Waals surface area contributed by atoms with Crippen LogP contribution in [0.15, 0.2) is 42.6 Å². The Kier molecular flexibility index (Phi) is 6.12. The number of nitrogens with one attached hydrogen (secondary N) is 1. The van der Waals surface area contributed by atoms with Gasteiger partial charge in [-0.05, 0) is 24.3 Å². The van der Waals surface area contributed by atoms with Gasteiger partial charge in [-0.3, -0.25) is 4.79 Å². The van der Waals surface area contributed by atoms with E-state index in [1.165, 1.54) is 30.5 Å². The van der Waals surface area contributed by atoms with Gasteiger partial charge < -0.3 is 19.9 Å². The zero-order chi connectivity index (χ0) is 19.2. The average molecular weight is 370 g/mol. The van der Waals surface area contributed by atoms with Crippen molar-refractivity contribution in [2.24, 2.45) is 0 Å². The third-order valence-corrected chi connectivity index (χ3v) is 2.86. The topological polar surface area (TPSA) is 97.8 Å². The van der Waals surface area contributed by atoms with Crippen LogP contribution in [0.3, 0.4) is 0 Å². The molecular weight excluding hydrogens is 357 g/mol. The summed E-state index contributed by atoms with van der Waals surface area (Å²) in [4.78, 5) is 25.6. The van der Waals surface area contributed by atoms with Crippen molar-refractivity contribution in [2.75, 3.05) is 18.5 Å². The number of aromatic nitrogens is 1. The Morgan fingerprint density at radius 1 is 1.15 bits per heavy atom. The van der Waals surface area contributed by atoms with Crippen molar-refractivity contribution in [1.82, 2.24) is 4.98 Å². The number of anilines is 1. The Hall–Kier alpha value is -3.14. The summed E-state index contributed by atoms with van der Waals surface area (Å²) in [7, 11) is 0. The number of alkyl halides is 3. The summed E-state index contributed by atoms with van der Waals surface area (Å²) < 4.78 is 47.9. The molecular formula is C16H13F3N2O5. The molecule has 0 radical (unpaired) electrons. The molecule has 0 spiro atoms. The smallest absolute Gasteiger partial charge is 0.416 e. The molecule has 0 aliphatic heterocycles. The van der Waals surface area contributed by atoms with E-state index in [2.05, 4.69) is 15.0 Å². The lowest BCUT2D eigenvalue weighted by Crippen LogP contribution is -2.20. The number of rotatable bonds is 7. The molecule has 0 saturated carbocycles. The molecule has 0 aliphatic rings. The van der Waals surface area contributed by atoms with Gasteiger partial charge in [0.15, 0.2) is 0 Å². The van der Waals surface area contributed by atoms with Gasteiger partial charge >= 0.3 is 12.1 Å². The van der Waals surface area contributed by atoms with Crippen molar-refractivity contribution in [1.29, 1.82) is 0 Å². The van der Waals surface area contributed by atoms with E-state index >= 15 is 0 Å². The predicted molar refractivity (Wildman–Crippen MR) is 82.8 cm³/mol. The molecule has 2 N–H and O–H groups in total. The standard InChI is InChI=1S/C16H13F3N2O5/c17-16(18,19)10-2-1-3-12(6-10)26-14-5-4-11(7-20-14)21-13(22)8-25-9-15(23)24/h1-7H,8-9H2,(H,21,22)(H,23,24). The number of amides is 1. The number of carboxylic acids is 1. The predicted octanol–water partition coefficient (Wildman–Crippen LogP) is 2.93. The molecule has 1 aromatic carbocycles. The molecule has 10 heteroatoms. The fourth-order valence-electron chi connectivity index (χ4n) is 1.80. The number of carbonyl (C=O) groups excluding carboxylic acids is 1. The summed E-state index contributed by atoms with van der Waals surface area (Å²) in [5, 5.41) is 10.8. The zero-order valence-corrected chi connectivity index (χ0v) is 13.1. The lowest BCUT2D eigenvalue weighted by atomic mass is 10.2. The Morgan fingerprint density at radius 3 is 2.54 bits per heavy atom. The molecule has 0 fully saturated rings. The number of pyridine rings is 1. The Balaban J connectivity index is 1.93. The van der Waals surface area contributed by atoms with Crippen LogP contribution in [0.4, 0.5) is 18.9 Å². The highest BCUT2D eigenvalue weighted by Crippen LogP contribution is 2.32. The maximum atomic E-state index is 12.7. The summed E-state index contributed by atoms with van der Waals surface area (Å²) in [5.74, 6) is -1.79. The number of hydrogen-bond donors (Lipinski definition) is 2. The second kappa shape index (κ2) is 8.30. The van der Waals surface area contributed by atoms with Crippen LogP contribution in [0.25, 0.3) is 0 Å². The third kappa shape index (κ3) is 6.06. The van der Waals surface area contributed by atoms with E-state index in [1.807, 2.05) is 0 Å². The summed E-state index contributed by atoms with van der Waals surface area (Å²) in [5.41, 5.74) is -0.564. The van der Waals surface area contributed by atoms with Crippen molar-refractivity contribution in [3.8, 4) is 11.6 Å². The van der Waals surface area contributed by atoms with E-state index in [-0.39, 0.29) is 17.3 Å². The molecule has 2 aromatic rings. The average Bonchev–Trinajstić information content (AvgIpc) is 2.56. The summed E-state index contributed by atoms with van der Waals surface area (Å²) in [6, 6.07) is 7.11. The minimum atomic E-state index is -4.48. The van der Waals surface area contributed by atoms with E-state index < -0.39 is 36.8 Å². The first-order valence-corrected chi connectivity index (χ1v) is 7.14. The monoisotopic (exact) mass is 370 g/mol. The van der Waals surface area contributed by atoms with E-state index in [0.29, 0.717) is 0 Å². The molecule has 1 amide bonds. The van der Waals surface area contributed by atoms with Gasteiger partial charge in [-0.1, -0.05) is 6.07 Å². The van der Waals surface area contributed by atoms with Gasteiger partial charge in [0, 0.05) is 6.07 Å². The number of benzene rings is 1. The minimum Gasteiger partial charge on any atom is -0.480 e. The summed E-state index contributed by atoms with van der Waals surface area (Å²) >= 11 is 0. The maximum Gasteiger partial charge on any atom is 0.416 e. The number of aliphatic carboxylic acids is 1. The molecule has 0 bridgehead atoms. The van der Waals surface area contributed by atoms with Crippen molar-refractivity contribution in [3.05, 3.63) is 48.2 Å². The van der Waals surface area contributed by atoms with Crippen molar-refractivity contribution >= 4 is 17.6 Å². The lowest BCUT2D eigenvalue weighted by Gasteiger charge is -2.10. The molecule has 0 aliphatic carbocycles. The highest BCUT2D eigenvalue weighted by molar-refractivity contribution is 5.91. The molecule has 1 aromatic heterocycles. The maximum absolute atomic E-state index is 12.7. The third-order valence-electron chi connectivity index (χ3n) is 2.86. The van der Waals surface area contributed by atoms with Crippen LogP contribution in [0, 0.1) is 0 Å². The molecule has 0 unspecified atom stereocenters. The fraction of sp³-hybridized carbons (Fsp3) is 0.188. The quantitative estimate of drug-likeness (QED) is 0.778. The van der Waals surface area contributed by atoms with Crippen LogP contribution in [0.1, 0.15) is 5.56 Å². The molecule has 0 atom stereocenters. The van der Waals surface area contributed by atoms with Crippen LogP contribution in [-0.2, 0) is 20.5 Å². The fourth-order valence-corrected chi connectivity index (χ4v) is 1.80. The van der Waals surface area contributed by atoms with Crippen LogP contribution >= 0.6 is 0 Å². The SMILES string of the molecule is O=C(O)COCC(=O)Nc1ccc(Oc2cccc(C(F)(F)F)c2)nc1. The number of ether oxygens (including phenoxy) is 2. The van der Waals surface area contributed by atoms with Crippen molar-refractivity contribution in [3.63, 3.8) is 0 Å². The molecule has 26 heavy (non-hydrogen) atoms. The molecule has 1 heterocycles. The second-order valence-corrected chi connectivity index (χ2v) is 4.95. The van der Waals surface area contributed by atoms with Gasteiger partial charge in [-0.2, -0.15) is 13.2 Å². The van der Waals surface area contributed by atoms with Crippen molar-refractivity contribution < 1.29 is 37.3 Å². The van der Waals surface area contributed by atoms with E-state index in [4.69, 9.17) is 9.84 Å². The van der Waals surface area contributed by atoms with Gasteiger partial charge in [0.25, 0.3) is 0 Å². The van der Waals surface area contributed by atoms with Crippen molar-refractivity contribution in [2.45, 2.75) is 6.18 Å². The van der Waals surface area contributed by atoms with Gasteiger partial charge in [-0.25, -0.2) is 9.78 Å². The number of carboxylic acid groups (broad SMARTS) is 1. The first-order chi connectivity index (χ1) is 12.2. The van der Waals surface area contributed by atoms with Gasteiger partial charge in [0.1, 0.15) is 19.0 Å². The van der Waals surface area contributed by atoms with Crippen LogP contribution in [0.5, 0.6) is 11.6 Å². The molecule has 138 valence electrons. The Labute approximate surface area is 145 Å². The molecule has 0 saturated heterocycles. The lowest BCUT2D eigenvalue weighted by molar-refractivity contribution is -0.143. The molecule has 7 nitrogen and oxygen atoms in total. The second-order valence-electron chi connectivity index (χ2n) is 4.95.